The lowest BCUT2D eigenvalue weighted by Crippen LogP contribution is -2.51. The van der Waals surface area contributed by atoms with E-state index < -0.39 is 5.41 Å². The van der Waals surface area contributed by atoms with Gasteiger partial charge in [0.05, 0.1) is 5.41 Å². The maximum atomic E-state index is 13.1. The van der Waals surface area contributed by atoms with E-state index in [-0.39, 0.29) is 30.7 Å². The topological polar surface area (TPSA) is 58.8 Å². The van der Waals surface area contributed by atoms with E-state index in [1.54, 1.807) is 0 Å². The summed E-state index contributed by atoms with van der Waals surface area (Å²) in [5.41, 5.74) is 6.82. The molecule has 1 aromatic carbocycles. The van der Waals surface area contributed by atoms with Crippen molar-refractivity contribution in [2.24, 2.45) is 11.1 Å². The summed E-state index contributed by atoms with van der Waals surface area (Å²) in [6.07, 6.45) is 2.50. The number of halogens is 2. The van der Waals surface area contributed by atoms with Crippen molar-refractivity contribution in [1.82, 2.24) is 4.90 Å². The molecule has 0 bridgehead atoms. The van der Waals surface area contributed by atoms with Crippen LogP contribution in [0.3, 0.4) is 0 Å². The number of hydrogen-bond acceptors (Lipinski definition) is 4. The van der Waals surface area contributed by atoms with Crippen LogP contribution in [0.4, 0.5) is 5.69 Å². The molecule has 25 heavy (non-hydrogen) atoms. The second-order valence-electron chi connectivity index (χ2n) is 6.57. The van der Waals surface area contributed by atoms with Gasteiger partial charge in [-0.1, -0.05) is 18.2 Å². The molecule has 7 heteroatoms. The number of ether oxygens (including phenoxy) is 1. The molecule has 0 aromatic heterocycles. The number of nitrogens with zero attached hydrogens (tertiary/aromatic N) is 2. The summed E-state index contributed by atoms with van der Waals surface area (Å²) in [7, 11) is 0. The third-order valence-electron chi connectivity index (χ3n) is 5.20. The molecule has 0 spiro atoms. The van der Waals surface area contributed by atoms with Gasteiger partial charge in [-0.05, 0) is 31.4 Å². The molecule has 2 saturated heterocycles. The monoisotopic (exact) mass is 389 g/mol. The van der Waals surface area contributed by atoms with Crippen molar-refractivity contribution in [3.63, 3.8) is 0 Å². The summed E-state index contributed by atoms with van der Waals surface area (Å²) in [5, 5.41) is 0. The van der Waals surface area contributed by atoms with Gasteiger partial charge in [0, 0.05) is 51.6 Å². The highest BCUT2D eigenvalue weighted by molar-refractivity contribution is 5.85. The largest absolute Gasteiger partial charge is 0.381 e. The molecular weight excluding hydrogens is 361 g/mol. The number of carbonyl (C=O) groups is 1. The molecule has 1 amide bonds. The number of hydrogen-bond donors (Lipinski definition) is 1. The lowest BCUT2D eigenvalue weighted by molar-refractivity contribution is -0.147. The van der Waals surface area contributed by atoms with Crippen LogP contribution < -0.4 is 10.6 Å². The van der Waals surface area contributed by atoms with Gasteiger partial charge < -0.3 is 20.3 Å². The molecule has 3 rings (SSSR count). The molecule has 0 aliphatic carbocycles. The minimum Gasteiger partial charge on any atom is -0.381 e. The zero-order valence-corrected chi connectivity index (χ0v) is 16.2. The fraction of sp³-hybridized carbons (Fsp3) is 0.611. The summed E-state index contributed by atoms with van der Waals surface area (Å²) >= 11 is 0. The molecule has 142 valence electrons. The number of para-hydroxylation sites is 1. The molecule has 0 atom stereocenters. The second-order valence-corrected chi connectivity index (χ2v) is 6.57. The third kappa shape index (κ3) is 5.00. The van der Waals surface area contributed by atoms with Crippen molar-refractivity contribution >= 4 is 36.4 Å². The number of benzene rings is 1. The summed E-state index contributed by atoms with van der Waals surface area (Å²) in [5.74, 6) is 0.234. The van der Waals surface area contributed by atoms with Crippen molar-refractivity contribution in [3.8, 4) is 0 Å². The van der Waals surface area contributed by atoms with Crippen molar-refractivity contribution in [1.29, 1.82) is 0 Å². The molecule has 2 fully saturated rings. The average molecular weight is 390 g/mol. The van der Waals surface area contributed by atoms with Crippen LogP contribution in [0.1, 0.15) is 19.3 Å². The smallest absolute Gasteiger partial charge is 0.230 e. The highest BCUT2D eigenvalue weighted by Crippen LogP contribution is 2.32. The average Bonchev–Trinajstić information content (AvgIpc) is 2.88. The quantitative estimate of drug-likeness (QED) is 0.861. The van der Waals surface area contributed by atoms with Crippen LogP contribution in [0.15, 0.2) is 30.3 Å². The van der Waals surface area contributed by atoms with E-state index >= 15 is 0 Å². The Kier molecular flexibility index (Phi) is 9.00. The number of anilines is 1. The van der Waals surface area contributed by atoms with E-state index in [1.165, 1.54) is 5.69 Å². The molecule has 2 aliphatic heterocycles. The minimum atomic E-state index is -0.403. The van der Waals surface area contributed by atoms with Gasteiger partial charge in [0.15, 0.2) is 0 Å². The third-order valence-corrected chi connectivity index (χ3v) is 5.20. The molecule has 5 nitrogen and oxygen atoms in total. The zero-order chi connectivity index (χ0) is 16.1. The maximum Gasteiger partial charge on any atom is 0.230 e. The van der Waals surface area contributed by atoms with Crippen LogP contribution in [-0.2, 0) is 9.53 Å². The van der Waals surface area contributed by atoms with Gasteiger partial charge in [-0.15, -0.1) is 24.8 Å². The van der Waals surface area contributed by atoms with Gasteiger partial charge in [-0.3, -0.25) is 4.79 Å². The summed E-state index contributed by atoms with van der Waals surface area (Å²) in [6.45, 7) is 5.19. The lowest BCUT2D eigenvalue weighted by Gasteiger charge is -2.38. The highest BCUT2D eigenvalue weighted by atomic mass is 35.5. The Hall–Kier alpha value is -1.01. The van der Waals surface area contributed by atoms with Crippen LogP contribution in [-0.4, -0.2) is 56.7 Å². The van der Waals surface area contributed by atoms with Crippen molar-refractivity contribution in [2.45, 2.75) is 19.3 Å². The van der Waals surface area contributed by atoms with Crippen LogP contribution in [0.2, 0.25) is 0 Å². The fourth-order valence-electron chi connectivity index (χ4n) is 3.62. The van der Waals surface area contributed by atoms with E-state index in [0.29, 0.717) is 19.8 Å². The minimum absolute atomic E-state index is 0. The van der Waals surface area contributed by atoms with Crippen LogP contribution in [0, 0.1) is 5.41 Å². The number of rotatable bonds is 3. The number of amides is 1. The van der Waals surface area contributed by atoms with Crippen LogP contribution in [0.5, 0.6) is 0 Å². The first-order valence-corrected chi connectivity index (χ1v) is 8.62. The fourth-order valence-corrected chi connectivity index (χ4v) is 3.62. The first-order valence-electron chi connectivity index (χ1n) is 8.62. The summed E-state index contributed by atoms with van der Waals surface area (Å²) < 4.78 is 5.43. The molecule has 0 unspecified atom stereocenters. The summed E-state index contributed by atoms with van der Waals surface area (Å²) in [6, 6.07) is 10.4. The zero-order valence-electron chi connectivity index (χ0n) is 14.6. The van der Waals surface area contributed by atoms with Gasteiger partial charge in [0.2, 0.25) is 5.91 Å². The Bertz CT molecular complexity index is 524. The normalized spacial score (nSPS) is 20.0. The molecule has 1 aromatic rings. The standard InChI is InChI=1S/C18H27N3O2.2ClH/c19-15-18(7-13-23-14-8-18)17(22)21-10-4-9-20(11-12-21)16-5-2-1-3-6-16;;/h1-3,5-6H,4,7-15,19H2;2*1H. The van der Waals surface area contributed by atoms with Crippen molar-refractivity contribution < 1.29 is 9.53 Å². The molecule has 2 N–H and O–H groups in total. The Morgan fingerprint density at radius 3 is 2.36 bits per heavy atom. The van der Waals surface area contributed by atoms with Crippen LogP contribution in [0.25, 0.3) is 0 Å². The van der Waals surface area contributed by atoms with E-state index in [1.807, 2.05) is 11.0 Å². The van der Waals surface area contributed by atoms with Gasteiger partial charge in [0.1, 0.15) is 0 Å². The van der Waals surface area contributed by atoms with E-state index in [0.717, 1.165) is 45.4 Å². The van der Waals surface area contributed by atoms with E-state index in [2.05, 4.69) is 29.2 Å². The Balaban J connectivity index is 0.00000156. The van der Waals surface area contributed by atoms with Gasteiger partial charge >= 0.3 is 0 Å². The predicted octanol–water partition coefficient (Wildman–Crippen LogP) is 2.32. The first-order chi connectivity index (χ1) is 11.2. The SMILES string of the molecule is Cl.Cl.NCC1(C(=O)N2CCCN(c3ccccc3)CC2)CCOCC1. The summed E-state index contributed by atoms with van der Waals surface area (Å²) in [4.78, 5) is 17.5. The second kappa shape index (κ2) is 10.2. The highest BCUT2D eigenvalue weighted by Gasteiger charge is 2.41. The number of carbonyl (C=O) groups excluding carboxylic acids is 1. The van der Waals surface area contributed by atoms with E-state index in [9.17, 15) is 4.79 Å². The molecule has 2 heterocycles. The molecule has 2 aliphatic rings. The van der Waals surface area contributed by atoms with Gasteiger partial charge in [0.25, 0.3) is 0 Å². The molecule has 0 saturated carbocycles. The van der Waals surface area contributed by atoms with Crippen LogP contribution >= 0.6 is 24.8 Å². The van der Waals surface area contributed by atoms with Crippen molar-refractivity contribution in [3.05, 3.63) is 30.3 Å². The predicted molar refractivity (Wildman–Crippen MR) is 106 cm³/mol. The maximum absolute atomic E-state index is 13.1. The molecular formula is C18H29Cl2N3O2. The van der Waals surface area contributed by atoms with E-state index in [4.69, 9.17) is 10.5 Å². The number of nitrogens with two attached hydrogens (primary N) is 1. The first kappa shape index (κ1) is 22.0. The van der Waals surface area contributed by atoms with Gasteiger partial charge in [-0.25, -0.2) is 0 Å². The van der Waals surface area contributed by atoms with Crippen molar-refractivity contribution in [2.75, 3.05) is 50.8 Å². The Morgan fingerprint density at radius 1 is 1.04 bits per heavy atom. The Morgan fingerprint density at radius 2 is 1.72 bits per heavy atom. The molecule has 0 radical (unpaired) electrons. The Labute approximate surface area is 162 Å². The lowest BCUT2D eigenvalue weighted by atomic mass is 9.79. The van der Waals surface area contributed by atoms with Gasteiger partial charge in [-0.2, -0.15) is 0 Å².